The van der Waals surface area contributed by atoms with Crippen molar-refractivity contribution in [1.82, 2.24) is 10.6 Å². The van der Waals surface area contributed by atoms with Crippen LogP contribution in [0.5, 0.6) is 0 Å². The second kappa shape index (κ2) is 6.62. The van der Waals surface area contributed by atoms with Crippen molar-refractivity contribution in [3.8, 4) is 0 Å². The topological polar surface area (TPSA) is 61.4 Å². The monoisotopic (exact) mass is 323 g/mol. The summed E-state index contributed by atoms with van der Waals surface area (Å²) in [5, 5.41) is 6.03. The molecule has 0 aliphatic carbocycles. The molecule has 0 aromatic heterocycles. The lowest BCUT2D eigenvalue weighted by Gasteiger charge is -2.24. The van der Waals surface area contributed by atoms with Crippen molar-refractivity contribution in [2.45, 2.75) is 25.3 Å². The van der Waals surface area contributed by atoms with Crippen molar-refractivity contribution in [2.75, 3.05) is 24.5 Å². The third kappa shape index (κ3) is 3.34. The largest absolute Gasteiger partial charge is 0.351 e. The molecule has 1 aromatic carbocycles. The molecule has 124 valence electrons. The van der Waals surface area contributed by atoms with E-state index in [-0.39, 0.29) is 36.4 Å². The Hall–Kier alpha value is -2.02. The molecule has 23 heavy (non-hydrogen) atoms. The number of anilines is 1. The van der Waals surface area contributed by atoms with E-state index in [2.05, 4.69) is 10.6 Å². The summed E-state index contributed by atoms with van der Waals surface area (Å²) in [6.07, 6.45) is 1.58. The lowest BCUT2D eigenvalue weighted by molar-refractivity contribution is -0.126. The molecule has 0 bridgehead atoms. The third-order valence-electron chi connectivity index (χ3n) is 4.39. The summed E-state index contributed by atoms with van der Waals surface area (Å²) in [5.41, 5.74) is -0.337. The highest BCUT2D eigenvalue weighted by atomic mass is 19.1. The number of hydrogen-bond acceptors (Lipinski definition) is 3. The summed E-state index contributed by atoms with van der Waals surface area (Å²) in [4.78, 5) is 25.4. The highest BCUT2D eigenvalue weighted by molar-refractivity contribution is 5.97. The first-order valence-electron chi connectivity index (χ1n) is 7.81. The fraction of sp³-hybridized carbons (Fsp3) is 0.500. The van der Waals surface area contributed by atoms with Crippen molar-refractivity contribution in [3.05, 3.63) is 29.8 Å². The smallest absolute Gasteiger partial charge is 0.229 e. The normalized spacial score (nSPS) is 22.4. The number of piperidine rings is 1. The number of rotatable bonds is 3. The van der Waals surface area contributed by atoms with Gasteiger partial charge in [0.05, 0.1) is 6.04 Å². The van der Waals surface area contributed by atoms with Crippen molar-refractivity contribution in [1.29, 1.82) is 0 Å². The van der Waals surface area contributed by atoms with E-state index in [0.717, 1.165) is 43.0 Å². The molecule has 1 unspecified atom stereocenters. The molecule has 5 nitrogen and oxygen atoms in total. The van der Waals surface area contributed by atoms with Crippen LogP contribution in [0.2, 0.25) is 0 Å². The molecule has 1 aromatic rings. The first-order chi connectivity index (χ1) is 11.1. The fourth-order valence-corrected chi connectivity index (χ4v) is 3.17. The van der Waals surface area contributed by atoms with Crippen molar-refractivity contribution < 1.29 is 18.4 Å². The lowest BCUT2D eigenvalue weighted by atomic mass is 9.97. The van der Waals surface area contributed by atoms with Crippen LogP contribution in [-0.2, 0) is 9.59 Å². The van der Waals surface area contributed by atoms with Crippen LogP contribution >= 0.6 is 0 Å². The van der Waals surface area contributed by atoms with Crippen molar-refractivity contribution >= 4 is 17.5 Å². The van der Waals surface area contributed by atoms with Gasteiger partial charge < -0.3 is 15.5 Å². The van der Waals surface area contributed by atoms with Crippen LogP contribution < -0.4 is 15.5 Å². The summed E-state index contributed by atoms with van der Waals surface area (Å²) in [6, 6.07) is 3.08. The number of benzene rings is 1. The molecule has 1 atom stereocenters. The minimum atomic E-state index is -0.774. The van der Waals surface area contributed by atoms with E-state index >= 15 is 0 Å². The molecule has 0 radical (unpaired) electrons. The number of carbonyl (C=O) groups excluding carboxylic acids is 2. The van der Waals surface area contributed by atoms with Crippen LogP contribution in [0.15, 0.2) is 18.2 Å². The summed E-state index contributed by atoms with van der Waals surface area (Å²) in [5.74, 6) is -2.08. The standard InChI is InChI=1S/C16H19F2N3O2/c17-12-2-1-3-13(18)15(12)21-9-11(8-14(21)22)20-16(23)10-4-6-19-7-5-10/h1-3,10-11,19H,4-9H2,(H,20,23). The molecule has 7 heteroatoms. The van der Waals surface area contributed by atoms with E-state index in [1.807, 2.05) is 0 Å². The van der Waals surface area contributed by atoms with Gasteiger partial charge in [-0.3, -0.25) is 9.59 Å². The van der Waals surface area contributed by atoms with Gasteiger partial charge in [-0.25, -0.2) is 8.78 Å². The Balaban J connectivity index is 1.66. The fourth-order valence-electron chi connectivity index (χ4n) is 3.17. The van der Waals surface area contributed by atoms with Crippen LogP contribution in [0.4, 0.5) is 14.5 Å². The SMILES string of the molecule is O=C(NC1CC(=O)N(c2c(F)cccc2F)C1)C1CCNCC1. The van der Waals surface area contributed by atoms with E-state index in [9.17, 15) is 18.4 Å². The minimum absolute atomic E-state index is 0.0600. The van der Waals surface area contributed by atoms with Gasteiger partial charge in [-0.15, -0.1) is 0 Å². The highest BCUT2D eigenvalue weighted by Gasteiger charge is 2.35. The van der Waals surface area contributed by atoms with Crippen LogP contribution in [-0.4, -0.2) is 37.5 Å². The first kappa shape index (κ1) is 15.9. The second-order valence-corrected chi connectivity index (χ2v) is 6.01. The van der Waals surface area contributed by atoms with Crippen LogP contribution in [0.3, 0.4) is 0 Å². The molecule has 2 N–H and O–H groups in total. The van der Waals surface area contributed by atoms with E-state index in [4.69, 9.17) is 0 Å². The number of nitrogens with zero attached hydrogens (tertiary/aromatic N) is 1. The van der Waals surface area contributed by atoms with Gasteiger partial charge in [0.25, 0.3) is 0 Å². The van der Waals surface area contributed by atoms with Gasteiger partial charge in [0.1, 0.15) is 17.3 Å². The lowest BCUT2D eigenvalue weighted by Crippen LogP contribution is -2.43. The van der Waals surface area contributed by atoms with Crippen molar-refractivity contribution in [3.63, 3.8) is 0 Å². The van der Waals surface area contributed by atoms with Gasteiger partial charge in [0.15, 0.2) is 0 Å². The summed E-state index contributed by atoms with van der Waals surface area (Å²) in [6.45, 7) is 1.69. The van der Waals surface area contributed by atoms with Gasteiger partial charge in [0.2, 0.25) is 11.8 Å². The molecule has 3 rings (SSSR count). The zero-order valence-electron chi connectivity index (χ0n) is 12.6. The number of hydrogen-bond donors (Lipinski definition) is 2. The Kier molecular flexibility index (Phi) is 4.56. The Morgan fingerprint density at radius 2 is 1.87 bits per heavy atom. The molecule has 0 spiro atoms. The van der Waals surface area contributed by atoms with E-state index in [1.54, 1.807) is 0 Å². The second-order valence-electron chi connectivity index (χ2n) is 6.01. The van der Waals surface area contributed by atoms with Crippen LogP contribution in [0, 0.1) is 17.6 Å². The molecular weight excluding hydrogens is 304 g/mol. The molecule has 2 aliphatic heterocycles. The molecule has 2 aliphatic rings. The van der Waals surface area contributed by atoms with Crippen LogP contribution in [0.25, 0.3) is 0 Å². The Morgan fingerprint density at radius 3 is 2.52 bits per heavy atom. The van der Waals surface area contributed by atoms with Gasteiger partial charge in [-0.05, 0) is 38.1 Å². The van der Waals surface area contributed by atoms with Crippen LogP contribution in [0.1, 0.15) is 19.3 Å². The summed E-state index contributed by atoms with van der Waals surface area (Å²) >= 11 is 0. The predicted octanol–water partition coefficient (Wildman–Crippen LogP) is 1.19. The Morgan fingerprint density at radius 1 is 1.22 bits per heavy atom. The molecule has 2 amide bonds. The van der Waals surface area contributed by atoms with Crippen molar-refractivity contribution in [2.24, 2.45) is 5.92 Å². The number of para-hydroxylation sites is 1. The maximum atomic E-state index is 13.8. The van der Waals surface area contributed by atoms with E-state index in [0.29, 0.717) is 0 Å². The van der Waals surface area contributed by atoms with E-state index in [1.165, 1.54) is 6.07 Å². The number of amides is 2. The maximum absolute atomic E-state index is 13.8. The van der Waals surface area contributed by atoms with Gasteiger partial charge in [-0.2, -0.15) is 0 Å². The minimum Gasteiger partial charge on any atom is -0.351 e. The predicted molar refractivity (Wildman–Crippen MR) is 80.9 cm³/mol. The number of nitrogens with one attached hydrogen (secondary N) is 2. The Labute approximate surface area is 133 Å². The number of carbonyl (C=O) groups is 2. The summed E-state index contributed by atoms with van der Waals surface area (Å²) < 4.78 is 27.7. The summed E-state index contributed by atoms with van der Waals surface area (Å²) in [7, 11) is 0. The molecule has 2 heterocycles. The maximum Gasteiger partial charge on any atom is 0.229 e. The molecule has 2 saturated heterocycles. The Bertz CT molecular complexity index is 597. The number of halogens is 2. The first-order valence-corrected chi connectivity index (χ1v) is 7.81. The van der Waals surface area contributed by atoms with E-state index < -0.39 is 17.7 Å². The quantitative estimate of drug-likeness (QED) is 0.878. The average Bonchev–Trinajstić information content (AvgIpc) is 2.88. The van der Waals surface area contributed by atoms with Gasteiger partial charge in [0, 0.05) is 18.9 Å². The zero-order valence-corrected chi connectivity index (χ0v) is 12.6. The van der Waals surface area contributed by atoms with Gasteiger partial charge >= 0.3 is 0 Å². The zero-order chi connectivity index (χ0) is 16.4. The molecular formula is C16H19F2N3O2. The van der Waals surface area contributed by atoms with Gasteiger partial charge in [-0.1, -0.05) is 6.07 Å². The third-order valence-corrected chi connectivity index (χ3v) is 4.39. The highest BCUT2D eigenvalue weighted by Crippen LogP contribution is 2.27. The average molecular weight is 323 g/mol. The molecule has 0 saturated carbocycles. The molecule has 2 fully saturated rings.